The van der Waals surface area contributed by atoms with E-state index in [2.05, 4.69) is 10.4 Å². The lowest BCUT2D eigenvalue weighted by atomic mass is 10.1. The zero-order valence-electron chi connectivity index (χ0n) is 15.6. The average molecular weight is 437 g/mol. The molecule has 1 aromatic heterocycles. The van der Waals surface area contributed by atoms with E-state index >= 15 is 0 Å². The third kappa shape index (κ3) is 4.44. The number of amides is 2. The van der Waals surface area contributed by atoms with Crippen molar-refractivity contribution in [3.05, 3.63) is 46.1 Å². The van der Waals surface area contributed by atoms with E-state index in [1.54, 1.807) is 0 Å². The van der Waals surface area contributed by atoms with E-state index in [9.17, 15) is 35.9 Å². The van der Waals surface area contributed by atoms with Gasteiger partial charge in [0.25, 0.3) is 0 Å². The summed E-state index contributed by atoms with van der Waals surface area (Å²) in [4.78, 5) is 25.7. The van der Waals surface area contributed by atoms with Crippen molar-refractivity contribution in [2.24, 2.45) is 7.05 Å². The Kier molecular flexibility index (Phi) is 5.56. The molecule has 0 bridgehead atoms. The Morgan fingerprint density at radius 2 is 1.73 bits per heavy atom. The number of benzene rings is 1. The molecular formula is C17H17F6N5O2. The quantitative estimate of drug-likeness (QED) is 0.732. The van der Waals surface area contributed by atoms with Gasteiger partial charge in [-0.15, -0.1) is 5.10 Å². The number of alkyl halides is 6. The Morgan fingerprint density at radius 1 is 1.10 bits per heavy atom. The smallest absolute Gasteiger partial charge is 0.324 e. The molecule has 0 saturated carbocycles. The monoisotopic (exact) mass is 437 g/mol. The van der Waals surface area contributed by atoms with Crippen LogP contribution < -0.4 is 11.0 Å². The molecule has 1 saturated heterocycles. The Balaban J connectivity index is 1.65. The lowest BCUT2D eigenvalue weighted by Gasteiger charge is -2.31. The number of carbonyl (C=O) groups is 1. The van der Waals surface area contributed by atoms with Gasteiger partial charge in [0.2, 0.25) is 5.82 Å². The first kappa shape index (κ1) is 21.7. The zero-order valence-corrected chi connectivity index (χ0v) is 15.6. The van der Waals surface area contributed by atoms with Gasteiger partial charge in [0.15, 0.2) is 0 Å². The van der Waals surface area contributed by atoms with Crippen molar-refractivity contribution in [2.75, 3.05) is 18.4 Å². The van der Waals surface area contributed by atoms with Crippen LogP contribution in [-0.2, 0) is 19.4 Å². The summed E-state index contributed by atoms with van der Waals surface area (Å²) < 4.78 is 78.3. The standard InChI is InChI=1S/C17H17F6N5O2/c1-26-13(17(21,22)23)25-28(15(26)30)12-5-7-27(8-6-12)14(29)24-11-4-2-3-10(9-11)16(18,19)20/h2-4,9,12H,5-8H2,1H3,(H,24,29). The number of urea groups is 1. The van der Waals surface area contributed by atoms with E-state index in [0.717, 1.165) is 29.9 Å². The van der Waals surface area contributed by atoms with Crippen molar-refractivity contribution in [3.8, 4) is 0 Å². The fourth-order valence-corrected chi connectivity index (χ4v) is 3.23. The third-order valence-electron chi connectivity index (χ3n) is 4.80. The van der Waals surface area contributed by atoms with Gasteiger partial charge in [-0.1, -0.05) is 6.07 Å². The highest BCUT2D eigenvalue weighted by atomic mass is 19.4. The minimum Gasteiger partial charge on any atom is -0.324 e. The van der Waals surface area contributed by atoms with Crippen LogP contribution in [0.3, 0.4) is 0 Å². The molecule has 2 amide bonds. The molecular weight excluding hydrogens is 420 g/mol. The fraction of sp³-hybridized carbons (Fsp3) is 0.471. The summed E-state index contributed by atoms with van der Waals surface area (Å²) in [5.41, 5.74) is -1.85. The predicted octanol–water partition coefficient (Wildman–Crippen LogP) is 3.49. The number of piperidine rings is 1. The maximum absolute atomic E-state index is 12.9. The first-order valence-electron chi connectivity index (χ1n) is 8.84. The molecule has 0 radical (unpaired) electrons. The van der Waals surface area contributed by atoms with Crippen LogP contribution in [-0.4, -0.2) is 38.4 Å². The Labute approximate surface area is 165 Å². The van der Waals surface area contributed by atoms with Gasteiger partial charge in [-0.2, -0.15) is 26.3 Å². The molecule has 0 unspecified atom stereocenters. The van der Waals surface area contributed by atoms with Crippen LogP contribution >= 0.6 is 0 Å². The molecule has 2 heterocycles. The summed E-state index contributed by atoms with van der Waals surface area (Å²) in [6.45, 7) is 0.194. The van der Waals surface area contributed by atoms with Gasteiger partial charge in [-0.05, 0) is 31.0 Å². The van der Waals surface area contributed by atoms with E-state index in [-0.39, 0.29) is 31.6 Å². The first-order chi connectivity index (χ1) is 13.9. The van der Waals surface area contributed by atoms with Crippen LogP contribution in [0.2, 0.25) is 0 Å². The second kappa shape index (κ2) is 7.69. The molecule has 1 aromatic carbocycles. The number of rotatable bonds is 2. The van der Waals surface area contributed by atoms with Gasteiger partial charge in [0.1, 0.15) is 0 Å². The van der Waals surface area contributed by atoms with Crippen LogP contribution in [0, 0.1) is 0 Å². The molecule has 30 heavy (non-hydrogen) atoms. The SMILES string of the molecule is Cn1c(C(F)(F)F)nn(C2CCN(C(=O)Nc3cccc(C(F)(F)F)c3)CC2)c1=O. The fourth-order valence-electron chi connectivity index (χ4n) is 3.23. The molecule has 3 rings (SSSR count). The molecule has 0 atom stereocenters. The first-order valence-corrected chi connectivity index (χ1v) is 8.84. The second-order valence-corrected chi connectivity index (χ2v) is 6.83. The number of nitrogens with one attached hydrogen (secondary N) is 1. The maximum atomic E-state index is 12.9. The number of likely N-dealkylation sites (tertiary alicyclic amines) is 1. The minimum absolute atomic E-state index is 0.0345. The third-order valence-corrected chi connectivity index (χ3v) is 4.80. The number of halogens is 6. The summed E-state index contributed by atoms with van der Waals surface area (Å²) in [5.74, 6) is -1.31. The predicted molar refractivity (Wildman–Crippen MR) is 92.8 cm³/mol. The molecule has 1 aliphatic rings. The van der Waals surface area contributed by atoms with E-state index in [1.165, 1.54) is 11.0 Å². The number of aromatic nitrogens is 3. The molecule has 7 nitrogen and oxygen atoms in total. The molecule has 2 aromatic rings. The van der Waals surface area contributed by atoms with Crippen LogP contribution in [0.4, 0.5) is 36.8 Å². The topological polar surface area (TPSA) is 72.2 Å². The molecule has 164 valence electrons. The molecule has 13 heteroatoms. The molecule has 1 N–H and O–H groups in total. The van der Waals surface area contributed by atoms with Crippen LogP contribution in [0.15, 0.2) is 29.1 Å². The van der Waals surface area contributed by atoms with Gasteiger partial charge in [0, 0.05) is 25.8 Å². The van der Waals surface area contributed by atoms with Crippen LogP contribution in [0.1, 0.15) is 30.3 Å². The highest BCUT2D eigenvalue weighted by molar-refractivity contribution is 5.89. The Hall–Kier alpha value is -2.99. The summed E-state index contributed by atoms with van der Waals surface area (Å²) >= 11 is 0. The highest BCUT2D eigenvalue weighted by Crippen LogP contribution is 2.31. The largest absolute Gasteiger partial charge is 0.451 e. The molecule has 0 aliphatic carbocycles. The van der Waals surface area contributed by atoms with Crippen molar-refractivity contribution in [1.29, 1.82) is 0 Å². The van der Waals surface area contributed by atoms with Gasteiger partial charge in [-0.3, -0.25) is 4.57 Å². The van der Waals surface area contributed by atoms with Gasteiger partial charge >= 0.3 is 24.1 Å². The Morgan fingerprint density at radius 3 is 2.27 bits per heavy atom. The van der Waals surface area contributed by atoms with E-state index < -0.39 is 41.5 Å². The summed E-state index contributed by atoms with van der Waals surface area (Å²) in [7, 11) is 0.978. The molecule has 0 spiro atoms. The van der Waals surface area contributed by atoms with E-state index in [1.807, 2.05) is 0 Å². The van der Waals surface area contributed by atoms with Crippen LogP contribution in [0.5, 0.6) is 0 Å². The van der Waals surface area contributed by atoms with Crippen molar-refractivity contribution in [1.82, 2.24) is 19.2 Å². The van der Waals surface area contributed by atoms with E-state index in [0.29, 0.717) is 4.57 Å². The number of nitrogens with zero attached hydrogens (tertiary/aromatic N) is 4. The average Bonchev–Trinajstić information content (AvgIpc) is 2.97. The van der Waals surface area contributed by atoms with Gasteiger partial charge in [-0.25, -0.2) is 14.3 Å². The lowest BCUT2D eigenvalue weighted by Crippen LogP contribution is -2.43. The molecule has 1 fully saturated rings. The molecule has 1 aliphatic heterocycles. The number of carbonyl (C=O) groups excluding carboxylic acids is 1. The normalized spacial score (nSPS) is 16.0. The Bertz CT molecular complexity index is 986. The van der Waals surface area contributed by atoms with E-state index in [4.69, 9.17) is 0 Å². The summed E-state index contributed by atoms with van der Waals surface area (Å²) in [6.07, 6.45) is -8.98. The van der Waals surface area contributed by atoms with Gasteiger partial charge in [0.05, 0.1) is 11.6 Å². The number of hydrogen-bond acceptors (Lipinski definition) is 3. The van der Waals surface area contributed by atoms with Crippen molar-refractivity contribution >= 4 is 11.7 Å². The highest BCUT2D eigenvalue weighted by Gasteiger charge is 2.39. The summed E-state index contributed by atoms with van der Waals surface area (Å²) in [5, 5.41) is 5.76. The van der Waals surface area contributed by atoms with Crippen molar-refractivity contribution in [3.63, 3.8) is 0 Å². The van der Waals surface area contributed by atoms with Crippen molar-refractivity contribution < 1.29 is 31.1 Å². The summed E-state index contributed by atoms with van der Waals surface area (Å²) in [6, 6.07) is 2.88. The maximum Gasteiger partial charge on any atom is 0.451 e. The number of anilines is 1. The van der Waals surface area contributed by atoms with Gasteiger partial charge < -0.3 is 10.2 Å². The minimum atomic E-state index is -4.77. The second-order valence-electron chi connectivity index (χ2n) is 6.83. The zero-order chi connectivity index (χ0) is 22.3. The number of hydrogen-bond donors (Lipinski definition) is 1. The lowest BCUT2D eigenvalue weighted by molar-refractivity contribution is -0.147. The van der Waals surface area contributed by atoms with Crippen LogP contribution in [0.25, 0.3) is 0 Å². The van der Waals surface area contributed by atoms with Crippen molar-refractivity contribution in [2.45, 2.75) is 31.2 Å².